The van der Waals surface area contributed by atoms with Crippen LogP contribution in [-0.2, 0) is 28.7 Å². The molecule has 2 bridgehead atoms. The first-order valence-electron chi connectivity index (χ1n) is 14.4. The number of nitrogens with one attached hydrogen (secondary N) is 1. The van der Waals surface area contributed by atoms with Crippen molar-refractivity contribution in [3.05, 3.63) is 101 Å². The Kier molecular flexibility index (Phi) is 7.33. The van der Waals surface area contributed by atoms with E-state index in [2.05, 4.69) is 10.1 Å². The van der Waals surface area contributed by atoms with Gasteiger partial charge in [-0.15, -0.1) is 0 Å². The summed E-state index contributed by atoms with van der Waals surface area (Å²) in [6.07, 6.45) is 0.210. The highest BCUT2D eigenvalue weighted by molar-refractivity contribution is 6.10. The van der Waals surface area contributed by atoms with Gasteiger partial charge in [-0.1, -0.05) is 62.4 Å². The number of imide groups is 1. The van der Waals surface area contributed by atoms with Gasteiger partial charge in [0, 0.05) is 17.5 Å². The van der Waals surface area contributed by atoms with Gasteiger partial charge in [-0.2, -0.15) is 0 Å². The lowest BCUT2D eigenvalue weighted by Crippen LogP contribution is -2.47. The van der Waals surface area contributed by atoms with Crippen LogP contribution < -0.4 is 5.32 Å². The number of rotatable bonds is 8. The van der Waals surface area contributed by atoms with Gasteiger partial charge < -0.3 is 14.8 Å². The number of anilines is 1. The highest BCUT2D eigenvalue weighted by atomic mass is 16.5. The van der Waals surface area contributed by atoms with E-state index in [1.54, 1.807) is 0 Å². The van der Waals surface area contributed by atoms with Crippen molar-refractivity contribution in [1.82, 2.24) is 4.90 Å². The number of hydrogen-bond acceptors (Lipinski definition) is 7. The van der Waals surface area contributed by atoms with Gasteiger partial charge in [0.05, 0.1) is 24.5 Å². The summed E-state index contributed by atoms with van der Waals surface area (Å²) in [5, 5.41) is 2.61. The third-order valence-corrected chi connectivity index (χ3v) is 8.70. The summed E-state index contributed by atoms with van der Waals surface area (Å²) < 4.78 is 10.1. The number of hydrogen-bond donors (Lipinski definition) is 1. The second kappa shape index (κ2) is 11.1. The Morgan fingerprint density at radius 1 is 0.791 bits per heavy atom. The molecule has 9 heteroatoms. The number of benzene rings is 3. The van der Waals surface area contributed by atoms with Crippen molar-refractivity contribution in [1.29, 1.82) is 0 Å². The van der Waals surface area contributed by atoms with Crippen LogP contribution in [0.15, 0.2) is 72.8 Å². The van der Waals surface area contributed by atoms with Gasteiger partial charge in [-0.05, 0) is 58.9 Å². The molecule has 3 atom stereocenters. The van der Waals surface area contributed by atoms with Crippen LogP contribution in [0.4, 0.5) is 5.69 Å². The molecule has 1 heterocycles. The minimum absolute atomic E-state index is 0.0333. The Morgan fingerprint density at radius 3 is 1.72 bits per heavy atom. The smallest absolute Gasteiger partial charge is 0.337 e. The van der Waals surface area contributed by atoms with E-state index in [0.717, 1.165) is 27.2 Å². The van der Waals surface area contributed by atoms with E-state index < -0.39 is 42.3 Å². The van der Waals surface area contributed by atoms with E-state index in [1.807, 2.05) is 62.4 Å². The van der Waals surface area contributed by atoms with E-state index in [9.17, 15) is 24.0 Å². The number of carbonyl (C=O) groups is 5. The first-order valence-corrected chi connectivity index (χ1v) is 14.4. The fraction of sp³-hybridized carbons (Fsp3) is 0.324. The molecule has 0 spiro atoms. The summed E-state index contributed by atoms with van der Waals surface area (Å²) >= 11 is 0. The SMILES string of the molecule is COC(=O)c1ccc(NC(=O)COC(=O)[C@H](CC(C)C)N2C(=O)[C@@H]3C4c5ccccc5C(c5ccccc54)[C@@H]3C2=O)cc1. The fourth-order valence-electron chi connectivity index (χ4n) is 7.00. The predicted octanol–water partition coefficient (Wildman–Crippen LogP) is 4.26. The first-order chi connectivity index (χ1) is 20.7. The Balaban J connectivity index is 1.22. The molecule has 0 saturated carbocycles. The van der Waals surface area contributed by atoms with Crippen molar-refractivity contribution in [2.75, 3.05) is 19.0 Å². The standard InChI is InChI=1S/C34H32N2O7/c1-18(2)16-25(34(41)43-17-26(37)35-20-14-12-19(13-15-20)33(40)42-3)36-31(38)29-27-21-8-4-5-9-22(21)28(30(29)32(36)39)24-11-7-6-10-23(24)27/h4-15,18,25,27-30H,16-17H2,1-3H3,(H,35,37)/t25-,27?,28?,29-,30+/m0/s1. The van der Waals surface area contributed by atoms with Crippen LogP contribution >= 0.6 is 0 Å². The molecule has 3 aromatic carbocycles. The topological polar surface area (TPSA) is 119 Å². The number of nitrogens with zero attached hydrogens (tertiary/aromatic N) is 1. The van der Waals surface area contributed by atoms with Gasteiger partial charge in [-0.25, -0.2) is 9.59 Å². The van der Waals surface area contributed by atoms with E-state index in [0.29, 0.717) is 11.3 Å². The molecule has 1 aliphatic heterocycles. The van der Waals surface area contributed by atoms with Crippen molar-refractivity contribution in [2.24, 2.45) is 17.8 Å². The molecule has 3 aliphatic carbocycles. The van der Waals surface area contributed by atoms with E-state index in [-0.39, 0.29) is 36.0 Å². The van der Waals surface area contributed by atoms with Gasteiger partial charge in [0.2, 0.25) is 11.8 Å². The Hall–Kier alpha value is -4.79. The first kappa shape index (κ1) is 28.3. The molecule has 3 amide bonds. The normalized spacial score (nSPS) is 22.0. The molecule has 3 aromatic rings. The van der Waals surface area contributed by atoms with Crippen molar-refractivity contribution >= 4 is 35.3 Å². The molecule has 220 valence electrons. The number of likely N-dealkylation sites (tertiary alicyclic amines) is 1. The molecule has 1 fully saturated rings. The second-order valence-corrected chi connectivity index (χ2v) is 11.7. The molecule has 4 aliphatic rings. The summed E-state index contributed by atoms with van der Waals surface area (Å²) in [6.45, 7) is 3.20. The van der Waals surface area contributed by atoms with E-state index in [4.69, 9.17) is 4.74 Å². The lowest BCUT2D eigenvalue weighted by atomic mass is 9.55. The summed E-state index contributed by atoms with van der Waals surface area (Å²) in [5.41, 5.74) is 4.92. The maximum Gasteiger partial charge on any atom is 0.337 e. The van der Waals surface area contributed by atoms with Gasteiger partial charge in [-0.3, -0.25) is 19.3 Å². The maximum atomic E-state index is 14.1. The Morgan fingerprint density at radius 2 is 1.28 bits per heavy atom. The van der Waals surface area contributed by atoms with Gasteiger partial charge in [0.25, 0.3) is 5.91 Å². The Bertz CT molecular complexity index is 1510. The van der Waals surface area contributed by atoms with Gasteiger partial charge in [0.15, 0.2) is 6.61 Å². The Labute approximate surface area is 249 Å². The minimum Gasteiger partial charge on any atom is -0.465 e. The summed E-state index contributed by atoms with van der Waals surface area (Å²) in [4.78, 5) is 67.2. The fourth-order valence-corrected chi connectivity index (χ4v) is 7.00. The van der Waals surface area contributed by atoms with Crippen LogP contribution in [0.5, 0.6) is 0 Å². The maximum absolute atomic E-state index is 14.1. The zero-order valence-corrected chi connectivity index (χ0v) is 24.1. The molecule has 43 heavy (non-hydrogen) atoms. The average molecular weight is 581 g/mol. The lowest BCUT2D eigenvalue weighted by molar-refractivity contribution is -0.160. The third kappa shape index (κ3) is 4.78. The summed E-state index contributed by atoms with van der Waals surface area (Å²) in [5.74, 6) is -4.46. The zero-order valence-electron chi connectivity index (χ0n) is 24.1. The monoisotopic (exact) mass is 580 g/mol. The van der Waals surface area contributed by atoms with Crippen LogP contribution in [0.25, 0.3) is 0 Å². The summed E-state index contributed by atoms with van der Waals surface area (Å²) in [7, 11) is 1.28. The molecule has 9 nitrogen and oxygen atoms in total. The average Bonchev–Trinajstić information content (AvgIpc) is 3.28. The highest BCUT2D eigenvalue weighted by Gasteiger charge is 2.63. The zero-order chi connectivity index (χ0) is 30.4. The van der Waals surface area contributed by atoms with Crippen LogP contribution in [0.3, 0.4) is 0 Å². The van der Waals surface area contributed by atoms with E-state index >= 15 is 0 Å². The summed E-state index contributed by atoms with van der Waals surface area (Å²) in [6, 6.07) is 20.8. The molecular formula is C34H32N2O7. The van der Waals surface area contributed by atoms with E-state index in [1.165, 1.54) is 31.4 Å². The predicted molar refractivity (Wildman–Crippen MR) is 156 cm³/mol. The van der Waals surface area contributed by atoms with Gasteiger partial charge in [0.1, 0.15) is 6.04 Å². The van der Waals surface area contributed by atoms with Crippen LogP contribution in [0.1, 0.15) is 64.7 Å². The molecule has 1 N–H and O–H groups in total. The van der Waals surface area contributed by atoms with Crippen LogP contribution in [0, 0.1) is 17.8 Å². The molecule has 0 radical (unpaired) electrons. The number of carbonyl (C=O) groups excluding carboxylic acids is 5. The van der Waals surface area contributed by atoms with Crippen LogP contribution in [-0.4, -0.2) is 54.3 Å². The number of methoxy groups -OCH3 is 1. The van der Waals surface area contributed by atoms with Crippen molar-refractivity contribution in [3.8, 4) is 0 Å². The van der Waals surface area contributed by atoms with Crippen LogP contribution in [0.2, 0.25) is 0 Å². The number of esters is 2. The number of amides is 3. The van der Waals surface area contributed by atoms with Gasteiger partial charge >= 0.3 is 11.9 Å². The third-order valence-electron chi connectivity index (χ3n) is 8.70. The molecule has 7 rings (SSSR count). The van der Waals surface area contributed by atoms with Crippen molar-refractivity contribution < 1.29 is 33.4 Å². The number of ether oxygens (including phenoxy) is 2. The molecule has 0 aromatic heterocycles. The molecular weight excluding hydrogens is 548 g/mol. The quantitative estimate of drug-likeness (QED) is 0.312. The van der Waals surface area contributed by atoms with Crippen molar-refractivity contribution in [2.45, 2.75) is 38.1 Å². The largest absolute Gasteiger partial charge is 0.465 e. The van der Waals surface area contributed by atoms with Crippen molar-refractivity contribution in [3.63, 3.8) is 0 Å². The minimum atomic E-state index is -1.15. The molecule has 0 unspecified atom stereocenters. The highest BCUT2D eigenvalue weighted by Crippen LogP contribution is 2.61. The molecule has 1 saturated heterocycles. The second-order valence-electron chi connectivity index (χ2n) is 11.7. The lowest BCUT2D eigenvalue weighted by Gasteiger charge is -2.45.